The van der Waals surface area contributed by atoms with Crippen LogP contribution < -0.4 is 5.32 Å². The molecule has 8 heteroatoms. The first-order valence-corrected chi connectivity index (χ1v) is 8.49. The van der Waals surface area contributed by atoms with E-state index < -0.39 is 16.0 Å². The largest absolute Gasteiger partial charge is 0.481 e. The Morgan fingerprint density at radius 3 is 2.65 bits per heavy atom. The van der Waals surface area contributed by atoms with Crippen LogP contribution in [0.15, 0.2) is 0 Å². The summed E-state index contributed by atoms with van der Waals surface area (Å²) in [5.74, 6) is -1.59. The molecule has 1 aliphatic rings. The third-order valence-corrected chi connectivity index (χ3v) is 4.64. The number of hydrogen-bond donors (Lipinski definition) is 2. The molecular formula is C12H22N2O5S. The Morgan fingerprint density at radius 2 is 2.10 bits per heavy atom. The van der Waals surface area contributed by atoms with Gasteiger partial charge in [0, 0.05) is 26.1 Å². The highest BCUT2D eigenvalue weighted by Crippen LogP contribution is 2.18. The van der Waals surface area contributed by atoms with Crippen LogP contribution in [0.5, 0.6) is 0 Å². The lowest BCUT2D eigenvalue weighted by Gasteiger charge is -2.30. The maximum atomic E-state index is 12.0. The van der Waals surface area contributed by atoms with Crippen molar-refractivity contribution in [2.75, 3.05) is 25.9 Å². The van der Waals surface area contributed by atoms with Crippen molar-refractivity contribution < 1.29 is 23.1 Å². The maximum Gasteiger partial charge on any atom is 0.303 e. The second-order valence-corrected chi connectivity index (χ2v) is 7.39. The summed E-state index contributed by atoms with van der Waals surface area (Å²) in [6.07, 6.45) is 2.46. The molecule has 2 atom stereocenters. The van der Waals surface area contributed by atoms with Crippen molar-refractivity contribution in [1.82, 2.24) is 9.62 Å². The van der Waals surface area contributed by atoms with Crippen LogP contribution in [0.25, 0.3) is 0 Å². The van der Waals surface area contributed by atoms with Crippen molar-refractivity contribution in [3.8, 4) is 0 Å². The smallest absolute Gasteiger partial charge is 0.303 e. The molecule has 0 radical (unpaired) electrons. The van der Waals surface area contributed by atoms with E-state index in [1.807, 2.05) is 0 Å². The van der Waals surface area contributed by atoms with Gasteiger partial charge in [0.1, 0.15) is 0 Å². The normalized spacial score (nSPS) is 22.2. The molecule has 0 aromatic heterocycles. The number of aliphatic carboxylic acids is 1. The highest BCUT2D eigenvalue weighted by atomic mass is 32.2. The van der Waals surface area contributed by atoms with Crippen molar-refractivity contribution in [3.63, 3.8) is 0 Å². The number of carbonyl (C=O) groups is 2. The molecule has 1 rings (SSSR count). The Hall–Kier alpha value is -1.15. The van der Waals surface area contributed by atoms with Crippen LogP contribution in [0.1, 0.15) is 26.2 Å². The summed E-state index contributed by atoms with van der Waals surface area (Å²) in [6.45, 7) is 2.70. The van der Waals surface area contributed by atoms with Gasteiger partial charge < -0.3 is 10.4 Å². The van der Waals surface area contributed by atoms with Crippen molar-refractivity contribution in [3.05, 3.63) is 0 Å². The quantitative estimate of drug-likeness (QED) is 0.712. The molecule has 0 saturated carbocycles. The van der Waals surface area contributed by atoms with E-state index in [1.165, 1.54) is 4.31 Å². The molecule has 1 aliphatic heterocycles. The minimum absolute atomic E-state index is 0.000408. The van der Waals surface area contributed by atoms with Gasteiger partial charge in [0.05, 0.1) is 12.2 Å². The number of carboxylic acids is 1. The molecule has 1 heterocycles. The van der Waals surface area contributed by atoms with Crippen LogP contribution in [0.4, 0.5) is 0 Å². The van der Waals surface area contributed by atoms with Gasteiger partial charge in [0.25, 0.3) is 0 Å². The van der Waals surface area contributed by atoms with Crippen LogP contribution in [-0.4, -0.2) is 55.6 Å². The average molecular weight is 306 g/mol. The number of piperidine rings is 1. The molecule has 2 N–H and O–H groups in total. The number of rotatable bonds is 6. The van der Waals surface area contributed by atoms with Gasteiger partial charge in [-0.2, -0.15) is 0 Å². The summed E-state index contributed by atoms with van der Waals surface area (Å²) >= 11 is 0. The molecule has 7 nitrogen and oxygen atoms in total. The van der Waals surface area contributed by atoms with Crippen molar-refractivity contribution >= 4 is 21.9 Å². The molecule has 0 aromatic carbocycles. The van der Waals surface area contributed by atoms with Gasteiger partial charge in [-0.25, -0.2) is 12.7 Å². The van der Waals surface area contributed by atoms with E-state index in [9.17, 15) is 18.0 Å². The van der Waals surface area contributed by atoms with Crippen LogP contribution in [0.3, 0.4) is 0 Å². The third kappa shape index (κ3) is 5.46. The molecule has 0 unspecified atom stereocenters. The number of amides is 1. The average Bonchev–Trinajstić information content (AvgIpc) is 2.34. The lowest BCUT2D eigenvalue weighted by Crippen LogP contribution is -2.45. The molecule has 20 heavy (non-hydrogen) atoms. The Balaban J connectivity index is 2.45. The number of hydrogen-bond acceptors (Lipinski definition) is 4. The zero-order chi connectivity index (χ0) is 15.3. The Labute approximate surface area is 119 Å². The molecule has 1 amide bonds. The highest BCUT2D eigenvalue weighted by molar-refractivity contribution is 7.88. The first kappa shape index (κ1) is 16.9. The van der Waals surface area contributed by atoms with E-state index in [2.05, 4.69) is 5.32 Å². The van der Waals surface area contributed by atoms with Crippen LogP contribution in [0, 0.1) is 11.8 Å². The van der Waals surface area contributed by atoms with E-state index in [-0.39, 0.29) is 30.7 Å². The number of carbonyl (C=O) groups excluding carboxylic acids is 1. The monoisotopic (exact) mass is 306 g/mol. The summed E-state index contributed by atoms with van der Waals surface area (Å²) in [7, 11) is -3.26. The lowest BCUT2D eigenvalue weighted by molar-refractivity contribution is -0.138. The fourth-order valence-corrected chi connectivity index (χ4v) is 3.16. The number of sulfonamides is 1. The molecule has 0 spiro atoms. The minimum atomic E-state index is -3.26. The van der Waals surface area contributed by atoms with Crippen molar-refractivity contribution in [1.29, 1.82) is 0 Å². The predicted molar refractivity (Wildman–Crippen MR) is 73.6 cm³/mol. The van der Waals surface area contributed by atoms with Crippen LogP contribution in [-0.2, 0) is 19.6 Å². The van der Waals surface area contributed by atoms with Gasteiger partial charge in [0.2, 0.25) is 15.9 Å². The van der Waals surface area contributed by atoms with Gasteiger partial charge in [-0.05, 0) is 18.8 Å². The molecule has 116 valence electrons. The summed E-state index contributed by atoms with van der Waals surface area (Å²) in [5.41, 5.74) is 0. The summed E-state index contributed by atoms with van der Waals surface area (Å²) in [4.78, 5) is 22.5. The van der Waals surface area contributed by atoms with E-state index in [0.717, 1.165) is 6.26 Å². The summed E-state index contributed by atoms with van der Waals surface area (Å²) in [5, 5.41) is 11.3. The van der Waals surface area contributed by atoms with Gasteiger partial charge >= 0.3 is 5.97 Å². The fourth-order valence-electron chi connectivity index (χ4n) is 2.25. The molecule has 0 bridgehead atoms. The maximum absolute atomic E-state index is 12.0. The highest BCUT2D eigenvalue weighted by Gasteiger charge is 2.30. The third-order valence-electron chi connectivity index (χ3n) is 3.37. The van der Waals surface area contributed by atoms with Gasteiger partial charge in [-0.3, -0.25) is 9.59 Å². The second kappa shape index (κ2) is 7.03. The van der Waals surface area contributed by atoms with Crippen molar-refractivity contribution in [2.45, 2.75) is 26.2 Å². The van der Waals surface area contributed by atoms with Gasteiger partial charge in [0.15, 0.2) is 0 Å². The first-order valence-electron chi connectivity index (χ1n) is 6.64. The SMILES string of the molecule is C[C@@H](CNC(=O)[C@H]1CCCN(S(C)(=O)=O)C1)CC(=O)O. The minimum Gasteiger partial charge on any atom is -0.481 e. The Bertz CT molecular complexity index is 462. The van der Waals surface area contributed by atoms with Crippen LogP contribution in [0.2, 0.25) is 0 Å². The van der Waals surface area contributed by atoms with Crippen molar-refractivity contribution in [2.24, 2.45) is 11.8 Å². The summed E-state index contributed by atoms with van der Waals surface area (Å²) in [6, 6.07) is 0. The standard InChI is InChI=1S/C12H22N2O5S/c1-9(6-11(15)16)7-13-12(17)10-4-3-5-14(8-10)20(2,18)19/h9-10H,3-8H2,1-2H3,(H,13,17)(H,15,16)/t9-,10+/m1/s1. The van der Waals surface area contributed by atoms with E-state index >= 15 is 0 Å². The van der Waals surface area contributed by atoms with Gasteiger partial charge in [-0.15, -0.1) is 0 Å². The molecule has 0 aromatic rings. The van der Waals surface area contributed by atoms with E-state index in [4.69, 9.17) is 5.11 Å². The zero-order valence-corrected chi connectivity index (χ0v) is 12.6. The summed E-state index contributed by atoms with van der Waals surface area (Å²) < 4.78 is 24.3. The Morgan fingerprint density at radius 1 is 1.45 bits per heavy atom. The van der Waals surface area contributed by atoms with Gasteiger partial charge in [-0.1, -0.05) is 6.92 Å². The van der Waals surface area contributed by atoms with E-state index in [0.29, 0.717) is 25.9 Å². The molecule has 1 fully saturated rings. The van der Waals surface area contributed by atoms with Crippen LogP contribution >= 0.6 is 0 Å². The number of carboxylic acid groups (broad SMARTS) is 1. The molecular weight excluding hydrogens is 284 g/mol. The van der Waals surface area contributed by atoms with E-state index in [1.54, 1.807) is 6.92 Å². The number of nitrogens with zero attached hydrogens (tertiary/aromatic N) is 1. The lowest BCUT2D eigenvalue weighted by atomic mass is 9.98. The Kier molecular flexibility index (Phi) is 5.94. The predicted octanol–water partition coefficient (Wildman–Crippen LogP) is -0.115. The topological polar surface area (TPSA) is 104 Å². The second-order valence-electron chi connectivity index (χ2n) is 5.41. The zero-order valence-electron chi connectivity index (χ0n) is 11.8. The fraction of sp³-hybridized carbons (Fsp3) is 0.833. The number of nitrogens with one attached hydrogen (secondary N) is 1. The molecule has 1 saturated heterocycles. The molecule has 0 aliphatic carbocycles. The first-order chi connectivity index (χ1) is 9.20.